The lowest BCUT2D eigenvalue weighted by Gasteiger charge is -1.72. The fourth-order valence-corrected chi connectivity index (χ4v) is 0. The molecule has 0 unspecified atom stereocenters. The number of hydrogen-bond donors (Lipinski definition) is 1. The van der Waals surface area contributed by atoms with Gasteiger partial charge in [0.15, 0.2) is 0 Å². The van der Waals surface area contributed by atoms with Crippen LogP contribution in [0.1, 0.15) is 6.92 Å². The number of rotatable bonds is 0. The lowest BCUT2D eigenvalue weighted by molar-refractivity contribution is 0.320. The zero-order chi connectivity index (χ0) is 4.28. The van der Waals surface area contributed by atoms with Gasteiger partial charge in [0.05, 0.1) is 10.2 Å². The van der Waals surface area contributed by atoms with E-state index in [1.807, 2.05) is 0 Å². The molecule has 0 aliphatic rings. The predicted molar refractivity (Wildman–Crippen MR) is 24.8 cm³/mol. The van der Waals surface area contributed by atoms with E-state index in [-0.39, 0.29) is 0 Å². The molecular weight excluding hydrogens is 82.1 g/mol. The molecule has 30 valence electrons. The van der Waals surface area contributed by atoms with Crippen LogP contribution in [-0.2, 0) is 0 Å². The van der Waals surface area contributed by atoms with Gasteiger partial charge in [0.25, 0.3) is 0 Å². The molecule has 2 nitrogen and oxygen atoms in total. The normalized spacial score (nSPS) is 12.6. The number of oxime groups is 1. The van der Waals surface area contributed by atoms with E-state index in [2.05, 4.69) is 5.16 Å². The minimum Gasteiger partial charge on any atom is -0.411 e. The van der Waals surface area contributed by atoms with Crippen molar-refractivity contribution in [3.63, 3.8) is 0 Å². The summed E-state index contributed by atoms with van der Waals surface area (Å²) in [5.41, 5.74) is 0. The Labute approximate surface area is 33.9 Å². The van der Waals surface area contributed by atoms with Crippen LogP contribution in [0.3, 0.4) is 0 Å². The Morgan fingerprint density at radius 3 is 2.20 bits per heavy atom. The van der Waals surface area contributed by atoms with Gasteiger partial charge in [0.2, 0.25) is 0 Å². The van der Waals surface area contributed by atoms with E-state index in [1.54, 1.807) is 6.92 Å². The summed E-state index contributed by atoms with van der Waals surface area (Å²) in [6.07, 6.45) is 0. The van der Waals surface area contributed by atoms with Crippen molar-refractivity contribution in [1.29, 1.82) is 0 Å². The maximum atomic E-state index is 7.77. The molecule has 0 aromatic heterocycles. The third-order valence-electron chi connectivity index (χ3n) is 0.200. The summed E-state index contributed by atoms with van der Waals surface area (Å²) >= 11 is 0. The largest absolute Gasteiger partial charge is 0.411 e. The zero-order valence-electron chi connectivity index (χ0n) is 3.39. The Kier molecular flexibility index (Phi) is 1.84. The highest BCUT2D eigenvalue weighted by atomic mass is 28.1. The summed E-state index contributed by atoms with van der Waals surface area (Å²) in [7, 11) is 0.870. The van der Waals surface area contributed by atoms with Gasteiger partial charge in [-0.3, -0.25) is 0 Å². The number of nitrogens with zero attached hydrogens (tertiary/aromatic N) is 1. The molecule has 0 spiro atoms. The molecule has 0 amide bonds. The van der Waals surface area contributed by atoms with Crippen molar-refractivity contribution < 1.29 is 5.21 Å². The van der Waals surface area contributed by atoms with Gasteiger partial charge in [-0.1, -0.05) is 0 Å². The molecule has 0 radical (unpaired) electrons. The van der Waals surface area contributed by atoms with Crippen molar-refractivity contribution in [3.8, 4) is 0 Å². The second-order valence-electron chi connectivity index (χ2n) is 1.05. The van der Waals surface area contributed by atoms with Crippen molar-refractivity contribution in [2.75, 3.05) is 0 Å². The summed E-state index contributed by atoms with van der Waals surface area (Å²) in [4.78, 5) is 0. The average Bonchev–Trinajstić information content (AvgIpc) is 1.38. The van der Waals surface area contributed by atoms with Crippen LogP contribution in [0, 0.1) is 0 Å². The highest BCUT2D eigenvalue weighted by Crippen LogP contribution is 1.55. The molecule has 0 rings (SSSR count). The van der Waals surface area contributed by atoms with Crippen LogP contribution in [0.2, 0.25) is 0 Å². The van der Waals surface area contributed by atoms with E-state index in [9.17, 15) is 0 Å². The minimum absolute atomic E-state index is 0.824. The topological polar surface area (TPSA) is 32.6 Å². The van der Waals surface area contributed by atoms with Crippen LogP contribution < -0.4 is 0 Å². The summed E-state index contributed by atoms with van der Waals surface area (Å²) in [5, 5.41) is 11.5. The summed E-state index contributed by atoms with van der Waals surface area (Å²) in [5.74, 6) is 0. The molecular formula is C2H7NOSi. The fourth-order valence-electron chi connectivity index (χ4n) is 0. The van der Waals surface area contributed by atoms with E-state index < -0.39 is 0 Å². The lowest BCUT2D eigenvalue weighted by Crippen LogP contribution is -1.83. The van der Waals surface area contributed by atoms with Crippen LogP contribution in [0.25, 0.3) is 0 Å². The van der Waals surface area contributed by atoms with Crippen LogP contribution in [-0.4, -0.2) is 20.8 Å². The van der Waals surface area contributed by atoms with Gasteiger partial charge in [-0.15, -0.1) is 5.16 Å². The molecule has 5 heavy (non-hydrogen) atoms. The standard InChI is InChI=1S/C2H7NOSi/c1-2(5)3-4/h4H,1,5H3. The van der Waals surface area contributed by atoms with Crippen molar-refractivity contribution in [1.82, 2.24) is 0 Å². The first-order valence-electron chi connectivity index (χ1n) is 1.42. The highest BCUT2D eigenvalue weighted by molar-refractivity contribution is 6.58. The van der Waals surface area contributed by atoms with E-state index in [0.29, 0.717) is 0 Å². The second-order valence-corrected chi connectivity index (χ2v) is 2.49. The third kappa shape index (κ3) is 3.69. The molecule has 1 N–H and O–H groups in total. The van der Waals surface area contributed by atoms with Crippen LogP contribution >= 0.6 is 0 Å². The highest BCUT2D eigenvalue weighted by Gasteiger charge is 1.65. The van der Waals surface area contributed by atoms with Gasteiger partial charge < -0.3 is 5.21 Å². The lowest BCUT2D eigenvalue weighted by atomic mass is 10.9. The van der Waals surface area contributed by atoms with Gasteiger partial charge in [0.1, 0.15) is 0 Å². The first-order valence-corrected chi connectivity index (χ1v) is 2.42. The molecule has 0 bridgehead atoms. The van der Waals surface area contributed by atoms with E-state index in [0.717, 1.165) is 15.6 Å². The SMILES string of the molecule is CC([SiH3])=NO. The second kappa shape index (κ2) is 1.96. The minimum atomic E-state index is 0.824. The van der Waals surface area contributed by atoms with Gasteiger partial charge in [0, 0.05) is 5.33 Å². The Balaban J connectivity index is 3.14. The average molecular weight is 89.2 g/mol. The quantitative estimate of drug-likeness (QED) is 0.178. The van der Waals surface area contributed by atoms with Gasteiger partial charge in [-0.2, -0.15) is 0 Å². The molecule has 0 heterocycles. The Hall–Kier alpha value is -0.313. The molecule has 0 atom stereocenters. The summed E-state index contributed by atoms with van der Waals surface area (Å²) in [6, 6.07) is 0. The smallest absolute Gasteiger partial charge is 0.0609 e. The molecule has 0 aliphatic heterocycles. The molecule has 0 aromatic rings. The molecule has 0 fully saturated rings. The van der Waals surface area contributed by atoms with Crippen LogP contribution in [0.15, 0.2) is 5.16 Å². The monoisotopic (exact) mass is 89.0 g/mol. The van der Waals surface area contributed by atoms with Crippen molar-refractivity contribution in [3.05, 3.63) is 0 Å². The Morgan fingerprint density at radius 2 is 2.20 bits per heavy atom. The van der Waals surface area contributed by atoms with Crippen LogP contribution in [0.5, 0.6) is 0 Å². The van der Waals surface area contributed by atoms with Crippen LogP contribution in [0.4, 0.5) is 0 Å². The summed E-state index contributed by atoms with van der Waals surface area (Å²) < 4.78 is 0. The fraction of sp³-hybridized carbons (Fsp3) is 0.500. The summed E-state index contributed by atoms with van der Waals surface area (Å²) in [6.45, 7) is 1.78. The third-order valence-corrected chi connectivity index (χ3v) is 0.400. The van der Waals surface area contributed by atoms with Gasteiger partial charge in [-0.25, -0.2) is 0 Å². The van der Waals surface area contributed by atoms with Gasteiger partial charge >= 0.3 is 0 Å². The molecule has 0 aromatic carbocycles. The van der Waals surface area contributed by atoms with Gasteiger partial charge in [-0.05, 0) is 6.92 Å². The van der Waals surface area contributed by atoms with E-state index in [1.165, 1.54) is 0 Å². The molecule has 0 saturated heterocycles. The Morgan fingerprint density at radius 1 is 2.00 bits per heavy atom. The van der Waals surface area contributed by atoms with E-state index >= 15 is 0 Å². The van der Waals surface area contributed by atoms with Crippen molar-refractivity contribution in [2.45, 2.75) is 6.92 Å². The van der Waals surface area contributed by atoms with Crippen molar-refractivity contribution >= 4 is 15.6 Å². The maximum Gasteiger partial charge on any atom is 0.0609 e. The first-order chi connectivity index (χ1) is 2.27. The predicted octanol–water partition coefficient (Wildman–Crippen LogP) is -0.841. The maximum absolute atomic E-state index is 7.77. The molecule has 0 saturated carbocycles. The Bertz CT molecular complexity index is 47.6. The zero-order valence-corrected chi connectivity index (χ0v) is 5.39. The number of hydrogen-bond acceptors (Lipinski definition) is 2. The molecule has 0 aliphatic carbocycles. The molecule has 3 heteroatoms. The van der Waals surface area contributed by atoms with Crippen molar-refractivity contribution in [2.24, 2.45) is 5.16 Å². The van der Waals surface area contributed by atoms with E-state index in [4.69, 9.17) is 5.21 Å². The first kappa shape index (κ1) is 4.69.